The van der Waals surface area contributed by atoms with E-state index in [-0.39, 0.29) is 30.9 Å². The summed E-state index contributed by atoms with van der Waals surface area (Å²) in [4.78, 5) is 38.4. The molecule has 0 aliphatic carbocycles. The number of rotatable bonds is 3. The first-order valence-corrected chi connectivity index (χ1v) is 6.74. The maximum absolute atomic E-state index is 12.5. The molecule has 2 rings (SSSR count). The van der Waals surface area contributed by atoms with E-state index in [1.165, 1.54) is 12.0 Å². The summed E-state index contributed by atoms with van der Waals surface area (Å²) < 4.78 is 5.17. The molecule has 0 saturated carbocycles. The van der Waals surface area contributed by atoms with E-state index in [0.29, 0.717) is 19.4 Å². The summed E-state index contributed by atoms with van der Waals surface area (Å²) in [6.45, 7) is 0.821. The number of methoxy groups -OCH3 is 1. The van der Waals surface area contributed by atoms with Crippen LogP contribution in [0, 0.1) is 5.92 Å². The molecule has 0 bridgehead atoms. The van der Waals surface area contributed by atoms with Gasteiger partial charge in [-0.2, -0.15) is 0 Å². The van der Waals surface area contributed by atoms with E-state index in [1.54, 1.807) is 11.9 Å². The highest BCUT2D eigenvalue weighted by atomic mass is 16.5. The molecule has 7 nitrogen and oxygen atoms in total. The number of piperidine rings is 1. The smallest absolute Gasteiger partial charge is 0.326 e. The molecule has 2 fully saturated rings. The highest BCUT2D eigenvalue weighted by Crippen LogP contribution is 2.26. The summed E-state index contributed by atoms with van der Waals surface area (Å²) in [6, 6.07) is -0.845. The highest BCUT2D eigenvalue weighted by Gasteiger charge is 2.43. The molecule has 0 aromatic heterocycles. The van der Waals surface area contributed by atoms with E-state index in [1.807, 2.05) is 0 Å². The van der Waals surface area contributed by atoms with Gasteiger partial charge >= 0.3 is 5.97 Å². The average molecular weight is 284 g/mol. The SMILES string of the molecule is COC1CC(C(=O)O)N(C(=O)C2CCN(C)C(=O)C2)C1. The van der Waals surface area contributed by atoms with Crippen LogP contribution in [0.3, 0.4) is 0 Å². The first kappa shape index (κ1) is 14.8. The van der Waals surface area contributed by atoms with Gasteiger partial charge in [-0.1, -0.05) is 0 Å². The molecule has 2 heterocycles. The van der Waals surface area contributed by atoms with E-state index in [2.05, 4.69) is 0 Å². The lowest BCUT2D eigenvalue weighted by Gasteiger charge is -2.31. The van der Waals surface area contributed by atoms with Gasteiger partial charge in [-0.15, -0.1) is 0 Å². The van der Waals surface area contributed by atoms with Crippen LogP contribution >= 0.6 is 0 Å². The van der Waals surface area contributed by atoms with Crippen LogP contribution in [0.1, 0.15) is 19.3 Å². The third kappa shape index (κ3) is 2.77. The highest BCUT2D eigenvalue weighted by molar-refractivity contribution is 5.90. The van der Waals surface area contributed by atoms with Gasteiger partial charge in [0.2, 0.25) is 11.8 Å². The number of carbonyl (C=O) groups excluding carboxylic acids is 2. The maximum atomic E-state index is 12.5. The zero-order valence-electron chi connectivity index (χ0n) is 11.7. The Kier molecular flexibility index (Phi) is 4.27. The van der Waals surface area contributed by atoms with Gasteiger partial charge in [-0.05, 0) is 6.42 Å². The second-order valence-corrected chi connectivity index (χ2v) is 5.44. The van der Waals surface area contributed by atoms with E-state index < -0.39 is 17.9 Å². The molecule has 0 aromatic carbocycles. The first-order valence-electron chi connectivity index (χ1n) is 6.74. The Labute approximate surface area is 117 Å². The van der Waals surface area contributed by atoms with Gasteiger partial charge in [0.05, 0.1) is 6.10 Å². The van der Waals surface area contributed by atoms with Crippen LogP contribution in [0.25, 0.3) is 0 Å². The van der Waals surface area contributed by atoms with Crippen molar-refractivity contribution in [3.05, 3.63) is 0 Å². The van der Waals surface area contributed by atoms with Crippen molar-refractivity contribution in [1.82, 2.24) is 9.80 Å². The number of hydrogen-bond acceptors (Lipinski definition) is 4. The Morgan fingerprint density at radius 1 is 1.40 bits per heavy atom. The number of ether oxygens (including phenoxy) is 1. The lowest BCUT2D eigenvalue weighted by molar-refractivity contribution is -0.152. The quantitative estimate of drug-likeness (QED) is 0.759. The molecular weight excluding hydrogens is 264 g/mol. The third-order valence-electron chi connectivity index (χ3n) is 4.17. The van der Waals surface area contributed by atoms with E-state index in [0.717, 1.165) is 0 Å². The zero-order chi connectivity index (χ0) is 14.9. The van der Waals surface area contributed by atoms with Gasteiger partial charge in [0.25, 0.3) is 0 Å². The number of carbonyl (C=O) groups is 3. The number of carboxylic acids is 1. The minimum absolute atomic E-state index is 0.0658. The molecule has 0 radical (unpaired) electrons. The van der Waals surface area contributed by atoms with Crippen LogP contribution in [-0.4, -0.2) is 72.1 Å². The molecule has 2 aliphatic heterocycles. The van der Waals surface area contributed by atoms with Gasteiger partial charge in [-0.3, -0.25) is 9.59 Å². The van der Waals surface area contributed by atoms with Crippen LogP contribution in [-0.2, 0) is 19.1 Å². The molecule has 2 amide bonds. The normalized spacial score (nSPS) is 30.7. The van der Waals surface area contributed by atoms with Crippen molar-refractivity contribution in [2.75, 3.05) is 27.2 Å². The van der Waals surface area contributed by atoms with Crippen molar-refractivity contribution in [2.45, 2.75) is 31.4 Å². The number of nitrogens with zero attached hydrogens (tertiary/aromatic N) is 2. The van der Waals surface area contributed by atoms with Gasteiger partial charge in [0.1, 0.15) is 6.04 Å². The Morgan fingerprint density at radius 2 is 2.10 bits per heavy atom. The van der Waals surface area contributed by atoms with Crippen LogP contribution in [0.4, 0.5) is 0 Å². The van der Waals surface area contributed by atoms with Gasteiger partial charge in [-0.25, -0.2) is 4.79 Å². The number of hydrogen-bond donors (Lipinski definition) is 1. The van der Waals surface area contributed by atoms with E-state index >= 15 is 0 Å². The Morgan fingerprint density at radius 3 is 2.65 bits per heavy atom. The van der Waals surface area contributed by atoms with Crippen molar-refractivity contribution in [1.29, 1.82) is 0 Å². The topological polar surface area (TPSA) is 87.2 Å². The second-order valence-electron chi connectivity index (χ2n) is 5.44. The van der Waals surface area contributed by atoms with Gasteiger partial charge in [0, 0.05) is 46.0 Å². The standard InChI is InChI=1S/C13H20N2O5/c1-14-4-3-8(5-11(14)16)12(17)15-7-9(20-2)6-10(15)13(18)19/h8-10H,3-7H2,1-2H3,(H,18,19). The molecule has 0 aromatic rings. The predicted octanol–water partition coefficient (Wildman–Crippen LogP) is -0.445. The largest absolute Gasteiger partial charge is 0.480 e. The summed E-state index contributed by atoms with van der Waals surface area (Å²) in [7, 11) is 3.22. The lowest BCUT2D eigenvalue weighted by Crippen LogP contribution is -2.47. The third-order valence-corrected chi connectivity index (χ3v) is 4.17. The molecule has 20 heavy (non-hydrogen) atoms. The molecule has 2 saturated heterocycles. The molecule has 112 valence electrons. The van der Waals surface area contributed by atoms with Crippen molar-refractivity contribution in [3.63, 3.8) is 0 Å². The fourth-order valence-corrected chi connectivity index (χ4v) is 2.83. The maximum Gasteiger partial charge on any atom is 0.326 e. The van der Waals surface area contributed by atoms with E-state index in [4.69, 9.17) is 4.74 Å². The van der Waals surface area contributed by atoms with Crippen molar-refractivity contribution in [2.24, 2.45) is 5.92 Å². The minimum Gasteiger partial charge on any atom is -0.480 e. The fourth-order valence-electron chi connectivity index (χ4n) is 2.83. The summed E-state index contributed by atoms with van der Waals surface area (Å²) >= 11 is 0. The summed E-state index contributed by atoms with van der Waals surface area (Å²) in [6.07, 6.45) is 0.803. The second kappa shape index (κ2) is 5.78. The van der Waals surface area contributed by atoms with Crippen LogP contribution in [0.15, 0.2) is 0 Å². The van der Waals surface area contributed by atoms with Gasteiger partial charge in [0.15, 0.2) is 0 Å². The first-order chi connectivity index (χ1) is 9.43. The van der Waals surface area contributed by atoms with Gasteiger partial charge < -0.3 is 19.6 Å². The summed E-state index contributed by atoms with van der Waals surface area (Å²) in [5.41, 5.74) is 0. The Hall–Kier alpha value is -1.63. The lowest BCUT2D eigenvalue weighted by atomic mass is 9.94. The van der Waals surface area contributed by atoms with Crippen LogP contribution in [0.5, 0.6) is 0 Å². The summed E-state index contributed by atoms with van der Waals surface area (Å²) in [5.74, 6) is -1.73. The molecule has 7 heteroatoms. The van der Waals surface area contributed by atoms with Crippen molar-refractivity contribution in [3.8, 4) is 0 Å². The number of aliphatic carboxylic acids is 1. The minimum atomic E-state index is -1.02. The average Bonchev–Trinajstić information content (AvgIpc) is 2.85. The molecule has 1 N–H and O–H groups in total. The van der Waals surface area contributed by atoms with Crippen LogP contribution < -0.4 is 0 Å². The van der Waals surface area contributed by atoms with Crippen molar-refractivity contribution < 1.29 is 24.2 Å². The molecule has 0 spiro atoms. The fraction of sp³-hybridized carbons (Fsp3) is 0.769. The number of amides is 2. The molecule has 3 unspecified atom stereocenters. The Balaban J connectivity index is 2.07. The van der Waals surface area contributed by atoms with Crippen LogP contribution in [0.2, 0.25) is 0 Å². The van der Waals surface area contributed by atoms with E-state index in [9.17, 15) is 19.5 Å². The number of likely N-dealkylation sites (tertiary alicyclic amines) is 2. The molecular formula is C13H20N2O5. The Bertz CT molecular complexity index is 425. The molecule has 3 atom stereocenters. The monoisotopic (exact) mass is 284 g/mol. The zero-order valence-corrected chi connectivity index (χ0v) is 11.7. The molecule has 2 aliphatic rings. The van der Waals surface area contributed by atoms with Crippen molar-refractivity contribution >= 4 is 17.8 Å². The number of carboxylic acid groups (broad SMARTS) is 1. The predicted molar refractivity (Wildman–Crippen MR) is 68.9 cm³/mol. The summed E-state index contributed by atoms with van der Waals surface area (Å²) in [5, 5.41) is 9.21.